The van der Waals surface area contributed by atoms with E-state index in [1.807, 2.05) is 31.3 Å². The highest BCUT2D eigenvalue weighted by Crippen LogP contribution is 2.31. The largest absolute Gasteiger partial charge is 0.479 e. The van der Waals surface area contributed by atoms with E-state index in [1.54, 1.807) is 28.0 Å². The van der Waals surface area contributed by atoms with Crippen molar-refractivity contribution in [3.05, 3.63) is 54.0 Å². The van der Waals surface area contributed by atoms with Gasteiger partial charge in [0.15, 0.2) is 5.54 Å². The third-order valence-corrected chi connectivity index (χ3v) is 5.23. The molecular weight excluding hydrogens is 332 g/mol. The number of carboxylic acids is 1. The third-order valence-electron chi connectivity index (χ3n) is 5.23. The van der Waals surface area contributed by atoms with Gasteiger partial charge in [-0.3, -0.25) is 9.48 Å². The van der Waals surface area contributed by atoms with E-state index in [9.17, 15) is 14.7 Å². The van der Waals surface area contributed by atoms with Crippen LogP contribution in [0.4, 0.5) is 0 Å². The number of likely N-dealkylation sites (tertiary alicyclic amines) is 1. The Morgan fingerprint density at radius 3 is 2.65 bits per heavy atom. The van der Waals surface area contributed by atoms with E-state index in [0.717, 1.165) is 16.5 Å². The van der Waals surface area contributed by atoms with Gasteiger partial charge < -0.3 is 15.0 Å². The summed E-state index contributed by atoms with van der Waals surface area (Å²) in [5, 5.41) is 15.0. The molecule has 26 heavy (non-hydrogen) atoms. The zero-order chi connectivity index (χ0) is 18.3. The molecule has 3 heterocycles. The number of H-pyrrole nitrogens is 1. The highest BCUT2D eigenvalue weighted by molar-refractivity contribution is 5.98. The van der Waals surface area contributed by atoms with E-state index in [4.69, 9.17) is 0 Å². The van der Waals surface area contributed by atoms with Gasteiger partial charge in [-0.05, 0) is 36.8 Å². The average Bonchev–Trinajstić information content (AvgIpc) is 3.29. The fourth-order valence-electron chi connectivity index (χ4n) is 3.64. The number of fused-ring (bicyclic) bond motifs is 1. The van der Waals surface area contributed by atoms with Gasteiger partial charge in [0.05, 0.1) is 6.20 Å². The summed E-state index contributed by atoms with van der Waals surface area (Å²) in [4.78, 5) is 29.7. The topological polar surface area (TPSA) is 91.2 Å². The molecule has 2 aromatic heterocycles. The molecular formula is C19H20N4O3. The number of hydrogen-bond acceptors (Lipinski definition) is 3. The first kappa shape index (κ1) is 16.4. The molecule has 134 valence electrons. The van der Waals surface area contributed by atoms with E-state index in [2.05, 4.69) is 10.1 Å². The van der Waals surface area contributed by atoms with Crippen LogP contribution in [-0.2, 0) is 10.3 Å². The zero-order valence-electron chi connectivity index (χ0n) is 14.5. The Morgan fingerprint density at radius 2 is 2.00 bits per heavy atom. The molecule has 7 nitrogen and oxygen atoms in total. The molecule has 7 heteroatoms. The smallest absolute Gasteiger partial charge is 0.331 e. The number of aromatic nitrogens is 3. The molecule has 0 radical (unpaired) electrons. The van der Waals surface area contributed by atoms with Gasteiger partial charge in [-0.25, -0.2) is 4.79 Å². The number of benzene rings is 1. The van der Waals surface area contributed by atoms with Crippen LogP contribution in [0.25, 0.3) is 10.9 Å². The first-order valence-electron chi connectivity index (χ1n) is 8.61. The summed E-state index contributed by atoms with van der Waals surface area (Å²) < 4.78 is 1.54. The molecule has 0 atom stereocenters. The molecule has 0 spiro atoms. The van der Waals surface area contributed by atoms with Crippen molar-refractivity contribution < 1.29 is 14.7 Å². The normalized spacial score (nSPS) is 16.7. The lowest BCUT2D eigenvalue weighted by Crippen LogP contribution is -2.52. The lowest BCUT2D eigenvalue weighted by atomic mass is 9.87. The van der Waals surface area contributed by atoms with Crippen molar-refractivity contribution in [2.75, 3.05) is 13.1 Å². The number of carbonyl (C=O) groups excluding carboxylic acids is 1. The number of aryl methyl sites for hydroxylation is 1. The molecule has 1 aliphatic rings. The summed E-state index contributed by atoms with van der Waals surface area (Å²) in [6.07, 6.45) is 5.93. The summed E-state index contributed by atoms with van der Waals surface area (Å²) in [6, 6.07) is 7.49. The Labute approximate surface area is 150 Å². The number of carboxylic acid groups (broad SMARTS) is 1. The van der Waals surface area contributed by atoms with Crippen LogP contribution in [0, 0.1) is 6.92 Å². The number of nitrogens with zero attached hydrogens (tertiary/aromatic N) is 3. The number of nitrogens with one attached hydrogen (secondary N) is 1. The lowest BCUT2D eigenvalue weighted by Gasteiger charge is -2.39. The van der Waals surface area contributed by atoms with Crippen molar-refractivity contribution in [3.63, 3.8) is 0 Å². The van der Waals surface area contributed by atoms with Crippen molar-refractivity contribution in [1.82, 2.24) is 19.7 Å². The van der Waals surface area contributed by atoms with Gasteiger partial charge in [0.25, 0.3) is 5.91 Å². The minimum absolute atomic E-state index is 0.0660. The van der Waals surface area contributed by atoms with Gasteiger partial charge in [-0.15, -0.1) is 0 Å². The van der Waals surface area contributed by atoms with Gasteiger partial charge >= 0.3 is 5.97 Å². The van der Waals surface area contributed by atoms with Gasteiger partial charge in [-0.2, -0.15) is 5.10 Å². The number of aliphatic carboxylic acids is 1. The highest BCUT2D eigenvalue weighted by atomic mass is 16.4. The quantitative estimate of drug-likeness (QED) is 0.757. The first-order chi connectivity index (χ1) is 12.5. The fraction of sp³-hybridized carbons (Fsp3) is 0.316. The van der Waals surface area contributed by atoms with E-state index in [1.165, 1.54) is 0 Å². The maximum absolute atomic E-state index is 12.8. The van der Waals surface area contributed by atoms with Gasteiger partial charge in [-0.1, -0.05) is 0 Å². The number of carbonyl (C=O) groups is 2. The molecule has 0 unspecified atom stereocenters. The van der Waals surface area contributed by atoms with Crippen molar-refractivity contribution >= 4 is 22.8 Å². The number of hydrogen-bond donors (Lipinski definition) is 2. The molecule has 2 N–H and O–H groups in total. The van der Waals surface area contributed by atoms with Crippen molar-refractivity contribution in [2.24, 2.45) is 0 Å². The number of piperidine rings is 1. The van der Waals surface area contributed by atoms with E-state index >= 15 is 0 Å². The predicted octanol–water partition coefficient (Wildman–Crippen LogP) is 2.39. The van der Waals surface area contributed by atoms with E-state index in [0.29, 0.717) is 31.5 Å². The maximum atomic E-state index is 12.8. The number of rotatable bonds is 3. The SMILES string of the molecule is Cc1cnn(C2(C(=O)O)CCN(C(=O)c3ccc4[nH]ccc4c3)CC2)c1. The Balaban J connectivity index is 1.55. The number of amides is 1. The lowest BCUT2D eigenvalue weighted by molar-refractivity contribution is -0.150. The first-order valence-corrected chi connectivity index (χ1v) is 8.61. The van der Waals surface area contributed by atoms with Crippen LogP contribution >= 0.6 is 0 Å². The van der Waals surface area contributed by atoms with Crippen LogP contribution < -0.4 is 0 Å². The zero-order valence-corrected chi connectivity index (χ0v) is 14.5. The van der Waals surface area contributed by atoms with Crippen molar-refractivity contribution in [1.29, 1.82) is 0 Å². The van der Waals surface area contributed by atoms with Crippen LogP contribution in [0.1, 0.15) is 28.8 Å². The molecule has 1 fully saturated rings. The molecule has 0 bridgehead atoms. The monoisotopic (exact) mass is 352 g/mol. The summed E-state index contributed by atoms with van der Waals surface area (Å²) in [5.41, 5.74) is 1.44. The van der Waals surface area contributed by atoms with Crippen LogP contribution in [-0.4, -0.2) is 49.7 Å². The Hall–Kier alpha value is -3.09. The van der Waals surface area contributed by atoms with Crippen molar-refractivity contribution in [2.45, 2.75) is 25.3 Å². The number of aromatic amines is 1. The molecule has 1 aromatic carbocycles. The summed E-state index contributed by atoms with van der Waals surface area (Å²) >= 11 is 0. The summed E-state index contributed by atoms with van der Waals surface area (Å²) in [6.45, 7) is 2.65. The molecule has 3 aromatic rings. The van der Waals surface area contributed by atoms with Crippen LogP contribution in [0.3, 0.4) is 0 Å². The second-order valence-electron chi connectivity index (χ2n) is 6.87. The average molecular weight is 352 g/mol. The van der Waals surface area contributed by atoms with Crippen LogP contribution in [0.15, 0.2) is 42.9 Å². The minimum Gasteiger partial charge on any atom is -0.479 e. The fourth-order valence-corrected chi connectivity index (χ4v) is 3.64. The Morgan fingerprint density at radius 1 is 1.23 bits per heavy atom. The molecule has 1 aliphatic heterocycles. The van der Waals surface area contributed by atoms with E-state index < -0.39 is 11.5 Å². The maximum Gasteiger partial charge on any atom is 0.331 e. The van der Waals surface area contributed by atoms with Gasteiger partial charge in [0.1, 0.15) is 0 Å². The van der Waals surface area contributed by atoms with Crippen LogP contribution in [0.5, 0.6) is 0 Å². The standard InChI is InChI=1S/C19H20N4O3/c1-13-11-21-23(12-13)19(18(25)26)5-8-22(9-6-19)17(24)15-2-3-16-14(10-15)4-7-20-16/h2-4,7,10-12,20H,5-6,8-9H2,1H3,(H,25,26). The molecule has 0 aliphatic carbocycles. The Bertz CT molecular complexity index is 980. The van der Waals surface area contributed by atoms with Gasteiger partial charge in [0.2, 0.25) is 0 Å². The molecule has 1 saturated heterocycles. The van der Waals surface area contributed by atoms with Gasteiger partial charge in [0, 0.05) is 54.8 Å². The third kappa shape index (κ3) is 2.56. The second-order valence-corrected chi connectivity index (χ2v) is 6.87. The van der Waals surface area contributed by atoms with E-state index in [-0.39, 0.29) is 5.91 Å². The highest BCUT2D eigenvalue weighted by Gasteiger charge is 2.45. The summed E-state index contributed by atoms with van der Waals surface area (Å²) in [5.74, 6) is -0.967. The van der Waals surface area contributed by atoms with Crippen molar-refractivity contribution in [3.8, 4) is 0 Å². The molecule has 1 amide bonds. The van der Waals surface area contributed by atoms with Crippen LogP contribution in [0.2, 0.25) is 0 Å². The molecule has 0 saturated carbocycles. The Kier molecular flexibility index (Phi) is 3.79. The predicted molar refractivity (Wildman–Crippen MR) is 96.0 cm³/mol. The second kappa shape index (κ2) is 6.01. The summed E-state index contributed by atoms with van der Waals surface area (Å²) in [7, 11) is 0. The minimum atomic E-state index is -1.09. The molecule has 4 rings (SSSR count).